The molecule has 1 heterocycles. The molecule has 0 bridgehead atoms. The fourth-order valence-electron chi connectivity index (χ4n) is 3.96. The molecule has 0 spiro atoms. The maximum Gasteiger partial charge on any atom is 0.292 e. The summed E-state index contributed by atoms with van der Waals surface area (Å²) in [6, 6.07) is 16.4. The fraction of sp³-hybridized carbons (Fsp3) is 0.409. The van der Waals surface area contributed by atoms with Crippen LogP contribution in [0.15, 0.2) is 54.6 Å². The number of hydrogen-bond acceptors (Lipinski definition) is 5. The van der Waals surface area contributed by atoms with Crippen LogP contribution in [-0.2, 0) is 4.79 Å². The lowest BCUT2D eigenvalue weighted by atomic mass is 10.0. The molecule has 29 heavy (non-hydrogen) atoms. The van der Waals surface area contributed by atoms with Crippen molar-refractivity contribution in [2.24, 2.45) is 0 Å². The predicted octanol–water partition coefficient (Wildman–Crippen LogP) is 3.33. The minimum Gasteiger partial charge on any atom is -0.362 e. The highest BCUT2D eigenvalue weighted by Crippen LogP contribution is 2.29. The standard InChI is InChI=1S/C22H28N4O3/c1-3-23(4-2)21(18-10-6-5-7-11-18)22(27)25-16-14-24(15-17-25)19-12-8-9-13-20(19)26(28)29/h5-13,21H,3-4,14-17H2,1-2H3. The average molecular weight is 396 g/mol. The third-order valence-electron chi connectivity index (χ3n) is 5.54. The van der Waals surface area contributed by atoms with Gasteiger partial charge in [-0.05, 0) is 24.7 Å². The van der Waals surface area contributed by atoms with Gasteiger partial charge in [-0.1, -0.05) is 56.3 Å². The molecule has 0 aromatic heterocycles. The number of nitro benzene ring substituents is 1. The number of benzene rings is 2. The first-order valence-electron chi connectivity index (χ1n) is 10.1. The number of carbonyl (C=O) groups excluding carboxylic acids is 1. The lowest BCUT2D eigenvalue weighted by Gasteiger charge is -2.39. The molecular formula is C22H28N4O3. The van der Waals surface area contributed by atoms with Gasteiger partial charge in [0.15, 0.2) is 0 Å². The van der Waals surface area contributed by atoms with Crippen LogP contribution in [0.2, 0.25) is 0 Å². The number of para-hydroxylation sites is 2. The quantitative estimate of drug-likeness (QED) is 0.530. The van der Waals surface area contributed by atoms with Gasteiger partial charge in [0, 0.05) is 32.2 Å². The second-order valence-electron chi connectivity index (χ2n) is 7.09. The summed E-state index contributed by atoms with van der Waals surface area (Å²) in [7, 11) is 0. The van der Waals surface area contributed by atoms with Crippen molar-refractivity contribution in [2.45, 2.75) is 19.9 Å². The van der Waals surface area contributed by atoms with E-state index in [1.54, 1.807) is 12.1 Å². The Labute approximate surface area is 171 Å². The van der Waals surface area contributed by atoms with Crippen LogP contribution < -0.4 is 4.90 Å². The molecule has 0 saturated carbocycles. The zero-order valence-corrected chi connectivity index (χ0v) is 17.0. The first-order valence-corrected chi connectivity index (χ1v) is 10.1. The van der Waals surface area contributed by atoms with E-state index in [2.05, 4.69) is 18.7 Å². The van der Waals surface area contributed by atoms with Gasteiger partial charge in [0.1, 0.15) is 11.7 Å². The van der Waals surface area contributed by atoms with E-state index in [-0.39, 0.29) is 22.6 Å². The number of rotatable bonds is 7. The molecule has 2 aromatic rings. The van der Waals surface area contributed by atoms with Crippen molar-refractivity contribution in [3.8, 4) is 0 Å². The second-order valence-corrected chi connectivity index (χ2v) is 7.09. The summed E-state index contributed by atoms with van der Waals surface area (Å²) in [5.74, 6) is 0.0992. The highest BCUT2D eigenvalue weighted by Gasteiger charge is 2.32. The topological polar surface area (TPSA) is 69.9 Å². The maximum absolute atomic E-state index is 13.4. The summed E-state index contributed by atoms with van der Waals surface area (Å²) in [6.45, 7) is 7.98. The van der Waals surface area contributed by atoms with E-state index in [4.69, 9.17) is 0 Å². The molecule has 0 N–H and O–H groups in total. The lowest BCUT2D eigenvalue weighted by Crippen LogP contribution is -2.52. The summed E-state index contributed by atoms with van der Waals surface area (Å²) in [5, 5.41) is 11.3. The monoisotopic (exact) mass is 396 g/mol. The molecule has 1 unspecified atom stereocenters. The van der Waals surface area contributed by atoms with Gasteiger partial charge < -0.3 is 9.80 Å². The molecule has 1 amide bonds. The molecule has 1 fully saturated rings. The number of piperazine rings is 1. The summed E-state index contributed by atoms with van der Waals surface area (Å²) in [6.07, 6.45) is 0. The Hall–Kier alpha value is -2.93. The maximum atomic E-state index is 13.4. The number of carbonyl (C=O) groups is 1. The van der Waals surface area contributed by atoms with Crippen LogP contribution in [0.4, 0.5) is 11.4 Å². The minimum atomic E-state index is -0.349. The molecule has 7 nitrogen and oxygen atoms in total. The Balaban J connectivity index is 1.75. The molecule has 1 saturated heterocycles. The molecule has 1 aliphatic heterocycles. The number of nitrogens with zero attached hydrogens (tertiary/aromatic N) is 4. The van der Waals surface area contributed by atoms with Gasteiger partial charge in [0.25, 0.3) is 5.69 Å². The highest BCUT2D eigenvalue weighted by molar-refractivity contribution is 5.83. The smallest absolute Gasteiger partial charge is 0.292 e. The average Bonchev–Trinajstić information content (AvgIpc) is 2.77. The first kappa shape index (κ1) is 20.8. The third-order valence-corrected chi connectivity index (χ3v) is 5.54. The lowest BCUT2D eigenvalue weighted by molar-refractivity contribution is -0.384. The van der Waals surface area contributed by atoms with Gasteiger partial charge in [-0.3, -0.25) is 19.8 Å². The number of likely N-dealkylation sites (N-methyl/N-ethyl adjacent to an activating group) is 1. The number of hydrogen-bond donors (Lipinski definition) is 0. The van der Waals surface area contributed by atoms with Crippen molar-refractivity contribution in [3.05, 3.63) is 70.3 Å². The zero-order valence-electron chi connectivity index (χ0n) is 17.0. The van der Waals surface area contributed by atoms with Crippen LogP contribution >= 0.6 is 0 Å². The predicted molar refractivity (Wildman–Crippen MR) is 114 cm³/mol. The van der Waals surface area contributed by atoms with Crippen molar-refractivity contribution in [3.63, 3.8) is 0 Å². The number of nitro groups is 1. The van der Waals surface area contributed by atoms with Crippen LogP contribution in [0.1, 0.15) is 25.5 Å². The highest BCUT2D eigenvalue weighted by atomic mass is 16.6. The van der Waals surface area contributed by atoms with Crippen LogP contribution in [0.25, 0.3) is 0 Å². The van der Waals surface area contributed by atoms with Crippen molar-refractivity contribution < 1.29 is 9.72 Å². The molecule has 0 radical (unpaired) electrons. The number of anilines is 1. The van der Waals surface area contributed by atoms with Gasteiger partial charge in [0.05, 0.1) is 4.92 Å². The van der Waals surface area contributed by atoms with E-state index in [9.17, 15) is 14.9 Å². The van der Waals surface area contributed by atoms with Crippen LogP contribution in [0.5, 0.6) is 0 Å². The molecule has 2 aromatic carbocycles. The summed E-state index contributed by atoms with van der Waals surface area (Å²) < 4.78 is 0. The van der Waals surface area contributed by atoms with Gasteiger partial charge in [-0.2, -0.15) is 0 Å². The molecular weight excluding hydrogens is 368 g/mol. The van der Waals surface area contributed by atoms with Crippen LogP contribution in [-0.4, -0.2) is 59.9 Å². The Kier molecular flexibility index (Phi) is 6.82. The van der Waals surface area contributed by atoms with E-state index in [0.29, 0.717) is 31.9 Å². The van der Waals surface area contributed by atoms with E-state index >= 15 is 0 Å². The zero-order chi connectivity index (χ0) is 20.8. The molecule has 3 rings (SSSR count). The first-order chi connectivity index (χ1) is 14.1. The normalized spacial score (nSPS) is 15.4. The van der Waals surface area contributed by atoms with Gasteiger partial charge >= 0.3 is 0 Å². The minimum absolute atomic E-state index is 0.0992. The van der Waals surface area contributed by atoms with E-state index in [1.165, 1.54) is 6.07 Å². The molecule has 154 valence electrons. The Morgan fingerprint density at radius 2 is 1.59 bits per heavy atom. The summed E-state index contributed by atoms with van der Waals surface area (Å²) in [5.41, 5.74) is 1.73. The molecule has 7 heteroatoms. The summed E-state index contributed by atoms with van der Waals surface area (Å²) in [4.78, 5) is 30.5. The SMILES string of the molecule is CCN(CC)C(C(=O)N1CCN(c2ccccc2[N+](=O)[O-])CC1)c1ccccc1. The fourth-order valence-corrected chi connectivity index (χ4v) is 3.96. The van der Waals surface area contributed by atoms with Crippen LogP contribution in [0.3, 0.4) is 0 Å². The molecule has 1 atom stereocenters. The van der Waals surface area contributed by atoms with E-state index in [1.807, 2.05) is 46.2 Å². The molecule has 1 aliphatic rings. The van der Waals surface area contributed by atoms with Crippen molar-refractivity contribution >= 4 is 17.3 Å². The second kappa shape index (κ2) is 9.52. The molecule has 0 aliphatic carbocycles. The Morgan fingerprint density at radius 3 is 2.17 bits per heavy atom. The number of amides is 1. The van der Waals surface area contributed by atoms with E-state index < -0.39 is 0 Å². The van der Waals surface area contributed by atoms with Gasteiger partial charge in [-0.15, -0.1) is 0 Å². The Bertz CT molecular complexity index is 831. The Morgan fingerprint density at radius 1 is 1.00 bits per heavy atom. The van der Waals surface area contributed by atoms with Gasteiger partial charge in [-0.25, -0.2) is 0 Å². The third kappa shape index (κ3) is 4.56. The summed E-state index contributed by atoms with van der Waals surface area (Å²) >= 11 is 0. The van der Waals surface area contributed by atoms with Crippen LogP contribution in [0, 0.1) is 10.1 Å². The van der Waals surface area contributed by atoms with Gasteiger partial charge in [0.2, 0.25) is 5.91 Å². The van der Waals surface area contributed by atoms with Crippen molar-refractivity contribution in [1.82, 2.24) is 9.80 Å². The van der Waals surface area contributed by atoms with E-state index in [0.717, 1.165) is 18.7 Å². The largest absolute Gasteiger partial charge is 0.362 e. The van der Waals surface area contributed by atoms with Crippen molar-refractivity contribution in [1.29, 1.82) is 0 Å². The van der Waals surface area contributed by atoms with Crippen molar-refractivity contribution in [2.75, 3.05) is 44.2 Å².